The number of carbonyl (C=O) groups is 1. The van der Waals surface area contributed by atoms with Crippen molar-refractivity contribution in [3.8, 4) is 5.75 Å². The first-order chi connectivity index (χ1) is 11.9. The normalized spacial score (nSPS) is 11.0. The molecule has 5 heteroatoms. The number of rotatable bonds is 8. The highest BCUT2D eigenvalue weighted by molar-refractivity contribution is 5.81. The molecule has 1 amide bonds. The monoisotopic (exact) mass is 342 g/mol. The van der Waals surface area contributed by atoms with Crippen LogP contribution < -0.4 is 10.1 Å². The first-order valence-corrected chi connectivity index (χ1v) is 8.30. The Labute approximate surface area is 149 Å². The van der Waals surface area contributed by atoms with Crippen LogP contribution in [0.4, 0.5) is 5.69 Å². The van der Waals surface area contributed by atoms with Crippen molar-refractivity contribution < 1.29 is 14.6 Å². The van der Waals surface area contributed by atoms with E-state index < -0.39 is 5.60 Å². The summed E-state index contributed by atoms with van der Waals surface area (Å²) in [6.07, 6.45) is 0. The lowest BCUT2D eigenvalue weighted by Gasteiger charge is -2.29. The Kier molecular flexibility index (Phi) is 6.42. The molecule has 0 saturated heterocycles. The zero-order valence-corrected chi connectivity index (χ0v) is 15.0. The second-order valence-corrected chi connectivity index (χ2v) is 6.60. The Hall–Kier alpha value is -2.53. The van der Waals surface area contributed by atoms with Gasteiger partial charge in [0.1, 0.15) is 5.75 Å². The minimum atomic E-state index is -0.963. The molecule has 0 bridgehead atoms. The summed E-state index contributed by atoms with van der Waals surface area (Å²) < 4.78 is 5.29. The summed E-state index contributed by atoms with van der Waals surface area (Å²) in [5.41, 5.74) is 0.827. The second kappa shape index (κ2) is 8.53. The Morgan fingerprint density at radius 2 is 1.76 bits per heavy atom. The molecule has 0 saturated carbocycles. The van der Waals surface area contributed by atoms with Crippen LogP contribution in [0.25, 0.3) is 0 Å². The summed E-state index contributed by atoms with van der Waals surface area (Å²) in [6, 6.07) is 17.2. The fourth-order valence-electron chi connectivity index (χ4n) is 2.58. The summed E-state index contributed by atoms with van der Waals surface area (Å²) in [7, 11) is 1.60. The molecule has 5 nitrogen and oxygen atoms in total. The van der Waals surface area contributed by atoms with Gasteiger partial charge in [0.2, 0.25) is 5.91 Å². The lowest BCUT2D eigenvalue weighted by molar-refractivity contribution is -0.133. The highest BCUT2D eigenvalue weighted by Crippen LogP contribution is 2.22. The Morgan fingerprint density at radius 3 is 2.40 bits per heavy atom. The van der Waals surface area contributed by atoms with E-state index in [1.807, 2.05) is 54.6 Å². The van der Waals surface area contributed by atoms with E-state index >= 15 is 0 Å². The van der Waals surface area contributed by atoms with Gasteiger partial charge in [-0.25, -0.2) is 0 Å². The van der Waals surface area contributed by atoms with Crippen LogP contribution in [-0.2, 0) is 11.3 Å². The topological polar surface area (TPSA) is 61.8 Å². The van der Waals surface area contributed by atoms with Crippen LogP contribution in [-0.4, -0.2) is 41.7 Å². The number of nitrogens with zero attached hydrogens (tertiary/aromatic N) is 1. The van der Waals surface area contributed by atoms with Crippen molar-refractivity contribution in [3.05, 3.63) is 60.2 Å². The highest BCUT2D eigenvalue weighted by atomic mass is 16.5. The quantitative estimate of drug-likeness (QED) is 0.774. The fourth-order valence-corrected chi connectivity index (χ4v) is 2.58. The molecule has 0 aliphatic rings. The van der Waals surface area contributed by atoms with E-state index in [0.717, 1.165) is 11.3 Å². The maximum atomic E-state index is 12.7. The number of hydrogen-bond acceptors (Lipinski definition) is 4. The van der Waals surface area contributed by atoms with E-state index in [4.69, 9.17) is 4.74 Å². The number of amides is 1. The first-order valence-electron chi connectivity index (χ1n) is 8.30. The lowest BCUT2D eigenvalue weighted by Crippen LogP contribution is -2.44. The van der Waals surface area contributed by atoms with Gasteiger partial charge < -0.3 is 20.1 Å². The molecule has 2 N–H and O–H groups in total. The Bertz CT molecular complexity index is 681. The van der Waals surface area contributed by atoms with Crippen LogP contribution >= 0.6 is 0 Å². The first kappa shape index (κ1) is 18.8. The van der Waals surface area contributed by atoms with E-state index in [-0.39, 0.29) is 19.0 Å². The number of carbonyl (C=O) groups excluding carboxylic acids is 1. The van der Waals surface area contributed by atoms with Crippen molar-refractivity contribution >= 4 is 11.6 Å². The fraction of sp³-hybridized carbons (Fsp3) is 0.350. The standard InChI is InChI=1S/C20H26N2O3/c1-20(2,24)15-22(14-16-9-5-4-6-10-16)19(23)13-21-17-11-7-8-12-18(17)25-3/h4-12,21,24H,13-15H2,1-3H3. The van der Waals surface area contributed by atoms with E-state index in [1.54, 1.807) is 25.9 Å². The number of benzene rings is 2. The maximum Gasteiger partial charge on any atom is 0.242 e. The zero-order valence-electron chi connectivity index (χ0n) is 15.0. The molecule has 0 heterocycles. The molecule has 25 heavy (non-hydrogen) atoms. The molecule has 134 valence electrons. The Balaban J connectivity index is 2.06. The van der Waals surface area contributed by atoms with Gasteiger partial charge in [-0.1, -0.05) is 42.5 Å². The molecular formula is C20H26N2O3. The number of ether oxygens (including phenoxy) is 1. The van der Waals surface area contributed by atoms with Crippen molar-refractivity contribution in [2.45, 2.75) is 26.0 Å². The molecule has 2 rings (SSSR count). The summed E-state index contributed by atoms with van der Waals surface area (Å²) in [4.78, 5) is 14.4. The van der Waals surface area contributed by atoms with Gasteiger partial charge in [0.15, 0.2) is 0 Å². The number of methoxy groups -OCH3 is 1. The van der Waals surface area contributed by atoms with Crippen LogP contribution in [0.1, 0.15) is 19.4 Å². The van der Waals surface area contributed by atoms with Gasteiger partial charge in [0, 0.05) is 13.1 Å². The van der Waals surface area contributed by atoms with Crippen LogP contribution in [0.2, 0.25) is 0 Å². The van der Waals surface area contributed by atoms with Gasteiger partial charge in [0.05, 0.1) is 24.9 Å². The third-order valence-electron chi connectivity index (χ3n) is 3.68. The van der Waals surface area contributed by atoms with Gasteiger partial charge >= 0.3 is 0 Å². The van der Waals surface area contributed by atoms with E-state index in [9.17, 15) is 9.90 Å². The molecule has 0 unspecified atom stereocenters. The Morgan fingerprint density at radius 1 is 1.12 bits per heavy atom. The second-order valence-electron chi connectivity index (χ2n) is 6.60. The zero-order chi connectivity index (χ0) is 18.3. The molecule has 0 atom stereocenters. The van der Waals surface area contributed by atoms with Gasteiger partial charge in [-0.3, -0.25) is 4.79 Å². The third-order valence-corrected chi connectivity index (χ3v) is 3.68. The van der Waals surface area contributed by atoms with Gasteiger partial charge in [-0.15, -0.1) is 0 Å². The molecule has 0 aliphatic heterocycles. The molecule has 0 radical (unpaired) electrons. The molecule has 0 fully saturated rings. The molecular weight excluding hydrogens is 316 g/mol. The third kappa shape index (κ3) is 6.12. The van der Waals surface area contributed by atoms with Crippen LogP contribution in [0.3, 0.4) is 0 Å². The van der Waals surface area contributed by atoms with Crippen molar-refractivity contribution in [2.24, 2.45) is 0 Å². The predicted octanol–water partition coefficient (Wildman–Crippen LogP) is 2.91. The van der Waals surface area contributed by atoms with Crippen LogP contribution in [0.15, 0.2) is 54.6 Å². The number of para-hydroxylation sites is 2. The summed E-state index contributed by atoms with van der Waals surface area (Å²) in [6.45, 7) is 4.24. The van der Waals surface area contributed by atoms with E-state index in [2.05, 4.69) is 5.32 Å². The summed E-state index contributed by atoms with van der Waals surface area (Å²) in [5, 5.41) is 13.3. The minimum Gasteiger partial charge on any atom is -0.495 e. The molecule has 0 aliphatic carbocycles. The van der Waals surface area contributed by atoms with Crippen molar-refractivity contribution in [2.75, 3.05) is 25.5 Å². The molecule has 0 spiro atoms. The molecule has 0 aromatic heterocycles. The lowest BCUT2D eigenvalue weighted by atomic mass is 10.1. The van der Waals surface area contributed by atoms with Gasteiger partial charge in [-0.05, 0) is 31.5 Å². The largest absolute Gasteiger partial charge is 0.495 e. The van der Waals surface area contributed by atoms with Crippen molar-refractivity contribution in [3.63, 3.8) is 0 Å². The minimum absolute atomic E-state index is 0.0862. The smallest absolute Gasteiger partial charge is 0.242 e. The number of nitrogens with one attached hydrogen (secondary N) is 1. The predicted molar refractivity (Wildman–Crippen MR) is 99.6 cm³/mol. The SMILES string of the molecule is COc1ccccc1NCC(=O)N(Cc1ccccc1)CC(C)(C)O. The average Bonchev–Trinajstić information content (AvgIpc) is 2.59. The van der Waals surface area contributed by atoms with Crippen molar-refractivity contribution in [1.82, 2.24) is 4.90 Å². The number of aliphatic hydroxyl groups is 1. The van der Waals surface area contributed by atoms with Gasteiger partial charge in [-0.2, -0.15) is 0 Å². The molecule has 2 aromatic rings. The van der Waals surface area contributed by atoms with Crippen LogP contribution in [0.5, 0.6) is 5.75 Å². The maximum absolute atomic E-state index is 12.7. The molecule has 2 aromatic carbocycles. The summed E-state index contributed by atoms with van der Waals surface area (Å²) in [5.74, 6) is 0.601. The van der Waals surface area contributed by atoms with Crippen molar-refractivity contribution in [1.29, 1.82) is 0 Å². The number of anilines is 1. The van der Waals surface area contributed by atoms with E-state index in [1.165, 1.54) is 0 Å². The van der Waals surface area contributed by atoms with E-state index in [0.29, 0.717) is 12.3 Å². The number of hydrogen-bond donors (Lipinski definition) is 2. The highest BCUT2D eigenvalue weighted by Gasteiger charge is 2.22. The average molecular weight is 342 g/mol. The van der Waals surface area contributed by atoms with Gasteiger partial charge in [0.25, 0.3) is 0 Å². The summed E-state index contributed by atoms with van der Waals surface area (Å²) >= 11 is 0. The van der Waals surface area contributed by atoms with Crippen LogP contribution in [0, 0.1) is 0 Å².